The van der Waals surface area contributed by atoms with Crippen molar-refractivity contribution in [1.29, 1.82) is 0 Å². The van der Waals surface area contributed by atoms with Crippen LogP contribution in [0.2, 0.25) is 0 Å². The number of hydrogen-bond donors (Lipinski definition) is 1. The normalized spacial score (nSPS) is 14.4. The first-order chi connectivity index (χ1) is 13.3. The molecule has 27 heavy (non-hydrogen) atoms. The van der Waals surface area contributed by atoms with Crippen molar-refractivity contribution >= 4 is 11.7 Å². The van der Waals surface area contributed by atoms with Crippen molar-refractivity contribution in [2.75, 3.05) is 11.4 Å². The maximum Gasteiger partial charge on any atom is 0.322 e. The van der Waals surface area contributed by atoms with Crippen LogP contribution >= 0.6 is 0 Å². The third-order valence-electron chi connectivity index (χ3n) is 5.31. The molecule has 0 saturated heterocycles. The number of hydrogen-bond acceptors (Lipinski definition) is 1. The highest BCUT2D eigenvalue weighted by molar-refractivity contribution is 5.92. The number of benzene rings is 3. The molecule has 0 spiro atoms. The van der Waals surface area contributed by atoms with E-state index in [0.29, 0.717) is 13.1 Å². The number of rotatable bonds is 6. The smallest absolute Gasteiger partial charge is 0.322 e. The summed E-state index contributed by atoms with van der Waals surface area (Å²) in [7, 11) is 0. The van der Waals surface area contributed by atoms with Crippen LogP contribution in [0.3, 0.4) is 0 Å². The van der Waals surface area contributed by atoms with Crippen LogP contribution in [0.15, 0.2) is 91.0 Å². The van der Waals surface area contributed by atoms with E-state index < -0.39 is 0 Å². The lowest BCUT2D eigenvalue weighted by molar-refractivity contribution is 0.245. The van der Waals surface area contributed by atoms with Crippen LogP contribution in [0.5, 0.6) is 0 Å². The molecule has 4 rings (SSSR count). The first kappa shape index (κ1) is 17.3. The number of amides is 2. The van der Waals surface area contributed by atoms with E-state index in [1.165, 1.54) is 5.56 Å². The van der Waals surface area contributed by atoms with Gasteiger partial charge in [0, 0.05) is 17.6 Å². The van der Waals surface area contributed by atoms with Crippen LogP contribution in [0.25, 0.3) is 0 Å². The lowest BCUT2D eigenvalue weighted by atomic mass is 9.96. The number of urea groups is 1. The Balaban J connectivity index is 1.49. The number of carbonyl (C=O) groups is 1. The first-order valence-electron chi connectivity index (χ1n) is 9.47. The lowest BCUT2D eigenvalue weighted by Gasteiger charge is -2.25. The van der Waals surface area contributed by atoms with Crippen molar-refractivity contribution in [3.63, 3.8) is 0 Å². The lowest BCUT2D eigenvalue weighted by Crippen LogP contribution is -2.42. The van der Waals surface area contributed by atoms with Crippen molar-refractivity contribution in [3.8, 4) is 0 Å². The van der Waals surface area contributed by atoms with Crippen LogP contribution in [0, 0.1) is 0 Å². The van der Waals surface area contributed by atoms with E-state index in [4.69, 9.17) is 0 Å². The molecule has 3 aromatic rings. The predicted octanol–water partition coefficient (Wildman–Crippen LogP) is 5.13. The topological polar surface area (TPSA) is 32.3 Å². The molecular weight excluding hydrogens is 332 g/mol. The number of nitrogens with zero attached hydrogens (tertiary/aromatic N) is 1. The Morgan fingerprint density at radius 1 is 0.815 bits per heavy atom. The fraction of sp³-hybridized carbons (Fsp3) is 0.208. The molecule has 1 fully saturated rings. The summed E-state index contributed by atoms with van der Waals surface area (Å²) in [6.45, 7) is 1.23. The average molecular weight is 356 g/mol. The summed E-state index contributed by atoms with van der Waals surface area (Å²) in [4.78, 5) is 14.9. The molecule has 0 bridgehead atoms. The Hall–Kier alpha value is -3.07. The summed E-state index contributed by atoms with van der Waals surface area (Å²) >= 11 is 0. The quantitative estimate of drug-likeness (QED) is 0.652. The Labute approximate surface area is 160 Å². The van der Waals surface area contributed by atoms with Crippen molar-refractivity contribution in [2.24, 2.45) is 0 Å². The summed E-state index contributed by atoms with van der Waals surface area (Å²) < 4.78 is 0. The monoisotopic (exact) mass is 356 g/mol. The third kappa shape index (κ3) is 4.03. The number of para-hydroxylation sites is 1. The van der Waals surface area contributed by atoms with Crippen LogP contribution in [-0.2, 0) is 12.0 Å². The van der Waals surface area contributed by atoms with E-state index in [1.807, 2.05) is 59.5 Å². The summed E-state index contributed by atoms with van der Waals surface area (Å²) in [6.07, 6.45) is 2.25. The minimum Gasteiger partial charge on any atom is -0.337 e. The largest absolute Gasteiger partial charge is 0.337 e. The molecule has 0 unspecified atom stereocenters. The Morgan fingerprint density at radius 2 is 1.37 bits per heavy atom. The van der Waals surface area contributed by atoms with Gasteiger partial charge in [-0.2, -0.15) is 0 Å². The van der Waals surface area contributed by atoms with Gasteiger partial charge in [0.05, 0.1) is 6.54 Å². The molecule has 0 atom stereocenters. The average Bonchev–Trinajstić information content (AvgIpc) is 3.54. The molecule has 3 nitrogen and oxygen atoms in total. The third-order valence-corrected chi connectivity index (χ3v) is 5.31. The van der Waals surface area contributed by atoms with Gasteiger partial charge in [0.2, 0.25) is 0 Å². The number of anilines is 1. The zero-order chi connectivity index (χ0) is 18.5. The highest BCUT2D eigenvalue weighted by Crippen LogP contribution is 2.47. The number of nitrogens with one attached hydrogen (secondary N) is 1. The molecule has 1 saturated carbocycles. The SMILES string of the molecule is O=C(NCC1(c2ccccc2)CC1)N(Cc1ccccc1)c1ccccc1. The van der Waals surface area contributed by atoms with Gasteiger partial charge >= 0.3 is 6.03 Å². The van der Waals surface area contributed by atoms with Crippen LogP contribution in [-0.4, -0.2) is 12.6 Å². The fourth-order valence-electron chi connectivity index (χ4n) is 3.50. The second kappa shape index (κ2) is 7.67. The van der Waals surface area contributed by atoms with E-state index in [1.54, 1.807) is 0 Å². The van der Waals surface area contributed by atoms with E-state index in [2.05, 4.69) is 41.7 Å². The second-order valence-electron chi connectivity index (χ2n) is 7.21. The van der Waals surface area contributed by atoms with Gasteiger partial charge in [-0.3, -0.25) is 4.90 Å². The van der Waals surface area contributed by atoms with Crippen LogP contribution in [0.4, 0.5) is 10.5 Å². The highest BCUT2D eigenvalue weighted by Gasteiger charge is 2.44. The Morgan fingerprint density at radius 3 is 1.96 bits per heavy atom. The minimum atomic E-state index is -0.0488. The van der Waals surface area contributed by atoms with E-state index in [-0.39, 0.29) is 11.4 Å². The summed E-state index contributed by atoms with van der Waals surface area (Å²) in [5.41, 5.74) is 3.44. The van der Waals surface area contributed by atoms with Gasteiger partial charge in [-0.1, -0.05) is 78.9 Å². The molecule has 0 radical (unpaired) electrons. The maximum absolute atomic E-state index is 13.1. The first-order valence-corrected chi connectivity index (χ1v) is 9.47. The fourth-order valence-corrected chi connectivity index (χ4v) is 3.50. The van der Waals surface area contributed by atoms with Gasteiger partial charge in [0.1, 0.15) is 0 Å². The highest BCUT2D eigenvalue weighted by atomic mass is 16.2. The van der Waals surface area contributed by atoms with Gasteiger partial charge in [-0.05, 0) is 36.1 Å². The zero-order valence-electron chi connectivity index (χ0n) is 15.3. The molecule has 3 aromatic carbocycles. The Kier molecular flexibility index (Phi) is 4.93. The molecule has 1 aliphatic carbocycles. The standard InChI is InChI=1S/C24H24N2O/c27-23(25-19-24(16-17-24)21-12-6-2-7-13-21)26(22-14-8-3-9-15-22)18-20-10-4-1-5-11-20/h1-15H,16-19H2,(H,25,27). The molecule has 0 heterocycles. The molecule has 136 valence electrons. The zero-order valence-corrected chi connectivity index (χ0v) is 15.3. The molecule has 1 N–H and O–H groups in total. The van der Waals surface area contributed by atoms with Gasteiger partial charge in [0.15, 0.2) is 0 Å². The van der Waals surface area contributed by atoms with Crippen molar-refractivity contribution in [1.82, 2.24) is 5.32 Å². The molecular formula is C24H24N2O. The minimum absolute atomic E-state index is 0.0488. The molecule has 0 aliphatic heterocycles. The molecule has 3 heteroatoms. The summed E-state index contributed by atoms with van der Waals surface area (Å²) in [6, 6.07) is 30.4. The molecule has 1 aliphatic rings. The van der Waals surface area contributed by atoms with Gasteiger partial charge in [-0.25, -0.2) is 4.79 Å². The van der Waals surface area contributed by atoms with Crippen molar-refractivity contribution in [2.45, 2.75) is 24.8 Å². The predicted molar refractivity (Wildman–Crippen MR) is 110 cm³/mol. The van der Waals surface area contributed by atoms with Crippen LogP contribution in [0.1, 0.15) is 24.0 Å². The van der Waals surface area contributed by atoms with Crippen molar-refractivity contribution < 1.29 is 4.79 Å². The summed E-state index contributed by atoms with van der Waals surface area (Å²) in [5, 5.41) is 3.19. The molecule has 0 aromatic heterocycles. The second-order valence-corrected chi connectivity index (χ2v) is 7.21. The Bertz CT molecular complexity index is 874. The van der Waals surface area contributed by atoms with E-state index >= 15 is 0 Å². The van der Waals surface area contributed by atoms with Gasteiger partial charge in [-0.15, -0.1) is 0 Å². The van der Waals surface area contributed by atoms with Gasteiger partial charge in [0.25, 0.3) is 0 Å². The van der Waals surface area contributed by atoms with Crippen LogP contribution < -0.4 is 10.2 Å². The van der Waals surface area contributed by atoms with Crippen molar-refractivity contribution in [3.05, 3.63) is 102 Å². The summed E-state index contributed by atoms with van der Waals surface area (Å²) in [5.74, 6) is 0. The molecule has 2 amide bonds. The van der Waals surface area contributed by atoms with E-state index in [9.17, 15) is 4.79 Å². The number of carbonyl (C=O) groups excluding carboxylic acids is 1. The van der Waals surface area contributed by atoms with E-state index in [0.717, 1.165) is 24.1 Å². The van der Waals surface area contributed by atoms with Gasteiger partial charge < -0.3 is 5.32 Å². The maximum atomic E-state index is 13.1.